The van der Waals surface area contributed by atoms with Crippen molar-refractivity contribution in [1.82, 2.24) is 4.98 Å². The minimum Gasteiger partial charge on any atom is -0.465 e. The fourth-order valence-electron chi connectivity index (χ4n) is 3.68. The summed E-state index contributed by atoms with van der Waals surface area (Å²) in [5, 5.41) is 0.0694. The Balaban J connectivity index is 2.13. The minimum absolute atomic E-state index is 0.121. The van der Waals surface area contributed by atoms with Gasteiger partial charge in [-0.1, -0.05) is 35.2 Å². The van der Waals surface area contributed by atoms with Crippen molar-refractivity contribution >= 4 is 46.7 Å². The molecule has 182 valence electrons. The highest BCUT2D eigenvalue weighted by Crippen LogP contribution is 2.33. The summed E-state index contributed by atoms with van der Waals surface area (Å²) in [6.45, 7) is -0.364. The van der Waals surface area contributed by atoms with Gasteiger partial charge in [-0.2, -0.15) is 0 Å². The lowest BCUT2D eigenvalue weighted by molar-refractivity contribution is -0.138. The molecule has 3 rings (SSSR count). The molecule has 1 heterocycles. The summed E-state index contributed by atoms with van der Waals surface area (Å²) < 4.78 is 24.9. The number of methoxy groups -OCH3 is 1. The van der Waals surface area contributed by atoms with Gasteiger partial charge in [0.25, 0.3) is 5.91 Å². The molecule has 0 aliphatic heterocycles. The first-order valence-electron chi connectivity index (χ1n) is 10.6. The smallest absolute Gasteiger partial charge is 0.339 e. The van der Waals surface area contributed by atoms with Gasteiger partial charge >= 0.3 is 11.9 Å². The predicted octanol–water partition coefficient (Wildman–Crippen LogP) is 4.89. The number of carbonyl (C=O) groups excluding carboxylic acids is 3. The fourth-order valence-corrected chi connectivity index (χ4v) is 4.02. The van der Waals surface area contributed by atoms with Gasteiger partial charge < -0.3 is 14.4 Å². The number of aromatic nitrogens is 1. The zero-order valence-electron chi connectivity index (χ0n) is 18.8. The number of hydrogen-bond donors (Lipinski definition) is 0. The van der Waals surface area contributed by atoms with E-state index in [-0.39, 0.29) is 52.1 Å². The molecule has 2 aromatic rings. The number of carbonyl (C=O) groups is 3. The Morgan fingerprint density at radius 2 is 1.86 bits per heavy atom. The SMILES string of the molecule is C#CCOC(=O)C1=C(C(=O)N(Cc2ccc(Cl)nc2)c2cc(C(=O)OC)c(Cl)cc2F)CCCC1. The molecule has 1 aliphatic carbocycles. The molecule has 0 fully saturated rings. The van der Waals surface area contributed by atoms with Crippen LogP contribution >= 0.6 is 23.2 Å². The quantitative estimate of drug-likeness (QED) is 0.294. The number of rotatable bonds is 7. The van der Waals surface area contributed by atoms with Crippen molar-refractivity contribution in [3.05, 3.63) is 68.7 Å². The zero-order valence-corrected chi connectivity index (χ0v) is 20.3. The van der Waals surface area contributed by atoms with Crippen LogP contribution in [0.2, 0.25) is 10.2 Å². The number of esters is 2. The molecule has 35 heavy (non-hydrogen) atoms. The van der Waals surface area contributed by atoms with E-state index in [0.29, 0.717) is 24.8 Å². The van der Waals surface area contributed by atoms with Gasteiger partial charge in [-0.15, -0.1) is 6.42 Å². The van der Waals surface area contributed by atoms with Crippen LogP contribution in [0.4, 0.5) is 10.1 Å². The molecule has 7 nitrogen and oxygen atoms in total. The van der Waals surface area contributed by atoms with Crippen molar-refractivity contribution in [2.24, 2.45) is 0 Å². The van der Waals surface area contributed by atoms with Crippen LogP contribution in [0, 0.1) is 18.2 Å². The molecular formula is C25H21Cl2FN2O5. The molecule has 0 N–H and O–H groups in total. The summed E-state index contributed by atoms with van der Waals surface area (Å²) >= 11 is 11.9. The third-order valence-corrected chi connectivity index (χ3v) is 5.90. The second kappa shape index (κ2) is 11.8. The van der Waals surface area contributed by atoms with E-state index < -0.39 is 23.7 Å². The molecule has 0 saturated carbocycles. The van der Waals surface area contributed by atoms with Crippen molar-refractivity contribution in [3.63, 3.8) is 0 Å². The molecule has 10 heteroatoms. The van der Waals surface area contributed by atoms with Crippen LogP contribution in [0.3, 0.4) is 0 Å². The third kappa shape index (κ3) is 6.18. The Hall–Kier alpha value is -3.41. The second-order valence-corrected chi connectivity index (χ2v) is 8.39. The van der Waals surface area contributed by atoms with Crippen LogP contribution in [0.5, 0.6) is 0 Å². The van der Waals surface area contributed by atoms with Gasteiger partial charge in [0.1, 0.15) is 11.0 Å². The van der Waals surface area contributed by atoms with Gasteiger partial charge in [0.15, 0.2) is 6.61 Å². The summed E-state index contributed by atoms with van der Waals surface area (Å²) in [4.78, 5) is 43.7. The van der Waals surface area contributed by atoms with Crippen molar-refractivity contribution in [1.29, 1.82) is 0 Å². The molecule has 1 aliphatic rings. The van der Waals surface area contributed by atoms with Gasteiger partial charge in [-0.3, -0.25) is 4.79 Å². The Labute approximate surface area is 211 Å². The Morgan fingerprint density at radius 1 is 1.14 bits per heavy atom. The summed E-state index contributed by atoms with van der Waals surface area (Å²) in [5.74, 6) is -0.733. The van der Waals surface area contributed by atoms with Gasteiger partial charge in [0, 0.05) is 17.3 Å². The molecular weight excluding hydrogens is 498 g/mol. The van der Waals surface area contributed by atoms with E-state index in [1.54, 1.807) is 6.07 Å². The van der Waals surface area contributed by atoms with Crippen LogP contribution < -0.4 is 4.90 Å². The number of terminal acetylenes is 1. The van der Waals surface area contributed by atoms with Crippen LogP contribution in [-0.2, 0) is 25.6 Å². The maximum Gasteiger partial charge on any atom is 0.339 e. The first-order valence-corrected chi connectivity index (χ1v) is 11.3. The van der Waals surface area contributed by atoms with Crippen LogP contribution in [0.25, 0.3) is 0 Å². The molecule has 0 unspecified atom stereocenters. The lowest BCUT2D eigenvalue weighted by Gasteiger charge is -2.28. The lowest BCUT2D eigenvalue weighted by Crippen LogP contribution is -2.35. The first kappa shape index (κ1) is 26.2. The Kier molecular flexibility index (Phi) is 8.85. The molecule has 0 saturated heterocycles. The highest BCUT2D eigenvalue weighted by molar-refractivity contribution is 6.33. The number of halogens is 3. The van der Waals surface area contributed by atoms with E-state index in [9.17, 15) is 14.4 Å². The molecule has 1 amide bonds. The monoisotopic (exact) mass is 518 g/mol. The lowest BCUT2D eigenvalue weighted by atomic mass is 9.90. The Bertz CT molecular complexity index is 1220. The van der Waals surface area contributed by atoms with Crippen LogP contribution in [0.1, 0.15) is 41.6 Å². The highest BCUT2D eigenvalue weighted by Gasteiger charge is 2.31. The average Bonchev–Trinajstić information content (AvgIpc) is 2.86. The number of hydrogen-bond acceptors (Lipinski definition) is 6. The number of benzene rings is 1. The summed E-state index contributed by atoms with van der Waals surface area (Å²) in [7, 11) is 1.16. The number of pyridine rings is 1. The van der Waals surface area contributed by atoms with E-state index >= 15 is 4.39 Å². The second-order valence-electron chi connectivity index (χ2n) is 7.60. The van der Waals surface area contributed by atoms with E-state index in [1.807, 2.05) is 0 Å². The maximum absolute atomic E-state index is 15.2. The van der Waals surface area contributed by atoms with Gasteiger partial charge in [-0.05, 0) is 49.4 Å². The summed E-state index contributed by atoms with van der Waals surface area (Å²) in [6.07, 6.45) is 8.55. The zero-order chi connectivity index (χ0) is 25.5. The normalized spacial score (nSPS) is 13.1. The largest absolute Gasteiger partial charge is 0.465 e. The van der Waals surface area contributed by atoms with E-state index in [4.69, 9.17) is 39.1 Å². The maximum atomic E-state index is 15.2. The van der Waals surface area contributed by atoms with Crippen molar-refractivity contribution < 1.29 is 28.2 Å². The van der Waals surface area contributed by atoms with Crippen molar-refractivity contribution in [3.8, 4) is 12.3 Å². The summed E-state index contributed by atoms with van der Waals surface area (Å²) in [6, 6.07) is 5.23. The van der Waals surface area contributed by atoms with Crippen molar-refractivity contribution in [2.45, 2.75) is 32.2 Å². The van der Waals surface area contributed by atoms with Crippen molar-refractivity contribution in [2.75, 3.05) is 18.6 Å². The highest BCUT2D eigenvalue weighted by atomic mass is 35.5. The number of anilines is 1. The Morgan fingerprint density at radius 3 is 2.49 bits per heavy atom. The molecule has 1 aromatic carbocycles. The van der Waals surface area contributed by atoms with E-state index in [2.05, 4.69) is 10.9 Å². The predicted molar refractivity (Wildman–Crippen MR) is 128 cm³/mol. The van der Waals surface area contributed by atoms with Gasteiger partial charge in [-0.25, -0.2) is 19.0 Å². The molecule has 0 spiro atoms. The molecule has 0 bridgehead atoms. The minimum atomic E-state index is -0.842. The van der Waals surface area contributed by atoms with Crippen LogP contribution in [-0.4, -0.2) is 36.5 Å². The summed E-state index contributed by atoms with van der Waals surface area (Å²) in [5.41, 5.74) is 0.574. The average molecular weight is 519 g/mol. The van der Waals surface area contributed by atoms with E-state index in [1.165, 1.54) is 12.3 Å². The topological polar surface area (TPSA) is 85.8 Å². The number of nitrogens with zero attached hydrogens (tertiary/aromatic N) is 2. The molecule has 0 atom stereocenters. The van der Waals surface area contributed by atoms with E-state index in [0.717, 1.165) is 24.1 Å². The third-order valence-electron chi connectivity index (χ3n) is 5.37. The van der Waals surface area contributed by atoms with Crippen LogP contribution in [0.15, 0.2) is 41.6 Å². The standard InChI is InChI=1S/C25H21Cl2FN2O5/c1-3-10-35-25(33)17-7-5-4-6-16(17)23(31)30(14-15-8-9-22(27)29-13-15)21-11-18(24(32)34-2)19(26)12-20(21)28/h1,8-9,11-13H,4-7,10,14H2,2H3. The molecule has 0 radical (unpaired) electrons. The fraction of sp³-hybridized carbons (Fsp3) is 0.280. The number of ether oxygens (including phenoxy) is 2. The van der Waals surface area contributed by atoms with Gasteiger partial charge in [0.05, 0.1) is 29.9 Å². The first-order chi connectivity index (χ1) is 16.8. The molecule has 1 aromatic heterocycles. The number of amides is 1. The van der Waals surface area contributed by atoms with Gasteiger partial charge in [0.2, 0.25) is 0 Å².